The molecule has 4 heterocycles. The summed E-state index contributed by atoms with van der Waals surface area (Å²) in [6.45, 7) is 0. The van der Waals surface area contributed by atoms with Crippen molar-refractivity contribution in [3.63, 3.8) is 0 Å². The monoisotopic (exact) mass is 660 g/mol. The van der Waals surface area contributed by atoms with E-state index in [1.165, 1.54) is 70.7 Å². The van der Waals surface area contributed by atoms with Gasteiger partial charge in [0.05, 0.1) is 50.0 Å². The molecule has 4 aromatic heterocycles. The molecule has 0 unspecified atom stereocenters. The van der Waals surface area contributed by atoms with Gasteiger partial charge in [-0.1, -0.05) is 121 Å². The van der Waals surface area contributed by atoms with Crippen LogP contribution in [0.3, 0.4) is 0 Å². The zero-order valence-electron chi connectivity index (χ0n) is 28.0. The second kappa shape index (κ2) is 10.3. The van der Waals surface area contributed by atoms with Crippen molar-refractivity contribution in [3.8, 4) is 28.2 Å². The molecule has 0 saturated heterocycles. The molecule has 0 bridgehead atoms. The molecular weight excluding hydrogens is 633 g/mol. The minimum Gasteiger partial charge on any atom is -0.309 e. The van der Waals surface area contributed by atoms with Crippen LogP contribution in [0.25, 0.3) is 110 Å². The Balaban J connectivity index is 1.19. The van der Waals surface area contributed by atoms with Gasteiger partial charge < -0.3 is 8.97 Å². The first-order chi connectivity index (χ1) is 25.8. The van der Waals surface area contributed by atoms with Crippen molar-refractivity contribution in [2.75, 3.05) is 0 Å². The molecule has 0 saturated carbocycles. The summed E-state index contributed by atoms with van der Waals surface area (Å²) in [6.07, 6.45) is 0. The summed E-state index contributed by atoms with van der Waals surface area (Å²) in [6, 6.07) is 61.0. The Morgan fingerprint density at radius 2 is 0.962 bits per heavy atom. The van der Waals surface area contributed by atoms with Crippen LogP contribution in [0.2, 0.25) is 0 Å². The normalized spacial score (nSPS) is 12.2. The Hall–Kier alpha value is -7.04. The minimum absolute atomic E-state index is 0.878. The zero-order valence-corrected chi connectivity index (χ0v) is 28.0. The summed E-state index contributed by atoms with van der Waals surface area (Å²) in [7, 11) is 0. The highest BCUT2D eigenvalue weighted by molar-refractivity contribution is 6.36. The SMILES string of the molecule is c1ccc(-c2nc3ccccc3nc2-c2ccc(-n3c4ccc5ccccc5c4c4cc5c6ccccc6n6c7ccccc7c(c43)c56)cc2)cc1. The molecular formula is C48H28N4. The van der Waals surface area contributed by atoms with Gasteiger partial charge in [-0.2, -0.15) is 0 Å². The molecule has 240 valence electrons. The predicted octanol–water partition coefficient (Wildman–Crippen LogP) is 12.4. The van der Waals surface area contributed by atoms with Crippen molar-refractivity contribution in [2.24, 2.45) is 0 Å². The molecule has 0 N–H and O–H groups in total. The fraction of sp³-hybridized carbons (Fsp3) is 0. The van der Waals surface area contributed by atoms with Gasteiger partial charge in [0.1, 0.15) is 0 Å². The van der Waals surface area contributed by atoms with E-state index in [0.29, 0.717) is 0 Å². The van der Waals surface area contributed by atoms with Gasteiger partial charge in [-0.05, 0) is 59.3 Å². The van der Waals surface area contributed by atoms with Gasteiger partial charge in [0, 0.05) is 49.1 Å². The summed E-state index contributed by atoms with van der Waals surface area (Å²) in [5, 5.41) is 10.2. The first-order valence-corrected chi connectivity index (χ1v) is 17.8. The highest BCUT2D eigenvalue weighted by Gasteiger charge is 2.25. The lowest BCUT2D eigenvalue weighted by Gasteiger charge is -2.13. The number of rotatable bonds is 3. The van der Waals surface area contributed by atoms with E-state index in [1.54, 1.807) is 0 Å². The van der Waals surface area contributed by atoms with Crippen LogP contribution in [0.15, 0.2) is 170 Å². The molecule has 12 aromatic rings. The number of benzene rings is 8. The van der Waals surface area contributed by atoms with Crippen molar-refractivity contribution in [3.05, 3.63) is 170 Å². The molecule has 0 radical (unpaired) electrons. The van der Waals surface area contributed by atoms with Crippen molar-refractivity contribution in [2.45, 2.75) is 0 Å². The van der Waals surface area contributed by atoms with Crippen LogP contribution in [-0.4, -0.2) is 18.9 Å². The van der Waals surface area contributed by atoms with E-state index in [0.717, 1.165) is 39.2 Å². The lowest BCUT2D eigenvalue weighted by atomic mass is 10.0. The van der Waals surface area contributed by atoms with Crippen LogP contribution in [0.5, 0.6) is 0 Å². The number of hydrogen-bond acceptors (Lipinski definition) is 2. The molecule has 0 aliphatic heterocycles. The van der Waals surface area contributed by atoms with E-state index in [2.05, 4.69) is 148 Å². The molecule has 0 aliphatic carbocycles. The topological polar surface area (TPSA) is 35.1 Å². The van der Waals surface area contributed by atoms with Crippen molar-refractivity contribution in [1.82, 2.24) is 18.9 Å². The number of fused-ring (bicyclic) bond motifs is 13. The summed E-state index contributed by atoms with van der Waals surface area (Å²) >= 11 is 0. The smallest absolute Gasteiger partial charge is 0.0973 e. The predicted molar refractivity (Wildman–Crippen MR) is 217 cm³/mol. The fourth-order valence-corrected chi connectivity index (χ4v) is 8.81. The van der Waals surface area contributed by atoms with Crippen LogP contribution in [0.1, 0.15) is 0 Å². The van der Waals surface area contributed by atoms with Gasteiger partial charge in [0.15, 0.2) is 0 Å². The molecule has 0 aliphatic rings. The molecule has 8 aromatic carbocycles. The van der Waals surface area contributed by atoms with E-state index in [-0.39, 0.29) is 0 Å². The maximum absolute atomic E-state index is 5.19. The largest absolute Gasteiger partial charge is 0.309 e. The third-order valence-electron chi connectivity index (χ3n) is 11.0. The fourth-order valence-electron chi connectivity index (χ4n) is 8.81. The molecule has 0 amide bonds. The van der Waals surface area contributed by atoms with E-state index in [4.69, 9.17) is 9.97 Å². The summed E-state index contributed by atoms with van der Waals surface area (Å²) in [5.74, 6) is 0. The van der Waals surface area contributed by atoms with Crippen LogP contribution >= 0.6 is 0 Å². The van der Waals surface area contributed by atoms with Crippen LogP contribution in [0, 0.1) is 0 Å². The van der Waals surface area contributed by atoms with Gasteiger partial charge in [0.25, 0.3) is 0 Å². The third-order valence-corrected chi connectivity index (χ3v) is 11.0. The maximum atomic E-state index is 5.19. The molecule has 4 nitrogen and oxygen atoms in total. The highest BCUT2D eigenvalue weighted by Crippen LogP contribution is 2.47. The average Bonchev–Trinajstić information content (AvgIpc) is 3.85. The Kier molecular flexibility index (Phi) is 5.47. The van der Waals surface area contributed by atoms with Crippen molar-refractivity contribution < 1.29 is 0 Å². The van der Waals surface area contributed by atoms with Crippen molar-refractivity contribution >= 4 is 81.7 Å². The molecule has 0 fully saturated rings. The molecule has 0 spiro atoms. The zero-order chi connectivity index (χ0) is 33.9. The molecule has 52 heavy (non-hydrogen) atoms. The first-order valence-electron chi connectivity index (χ1n) is 17.8. The Morgan fingerprint density at radius 3 is 1.71 bits per heavy atom. The summed E-state index contributed by atoms with van der Waals surface area (Å²) in [5.41, 5.74) is 12.9. The lowest BCUT2D eigenvalue weighted by Crippen LogP contribution is -1.97. The van der Waals surface area contributed by atoms with Crippen LogP contribution < -0.4 is 0 Å². The number of nitrogens with zero attached hydrogens (tertiary/aromatic N) is 4. The standard InChI is InChI=1S/C48H28N4/c1-2-13-30(14-3-1)45-46(50-39-19-9-8-18-38(39)49-45)31-22-25-32(26-23-31)51-42-27-24-29-12-4-5-15-33(29)43(42)37-28-36-34-16-6-10-20-40(34)52-41-21-11-7-17-35(41)44(47(36)52)48(37)51/h1-28H. The van der Waals surface area contributed by atoms with Crippen molar-refractivity contribution in [1.29, 1.82) is 0 Å². The van der Waals surface area contributed by atoms with Gasteiger partial charge in [-0.3, -0.25) is 0 Å². The Labute approximate surface area is 297 Å². The van der Waals surface area contributed by atoms with Gasteiger partial charge in [0.2, 0.25) is 0 Å². The number of para-hydroxylation sites is 4. The lowest BCUT2D eigenvalue weighted by molar-refractivity contribution is 1.19. The minimum atomic E-state index is 0.878. The number of aromatic nitrogens is 4. The molecule has 12 rings (SSSR count). The van der Waals surface area contributed by atoms with E-state index in [1.807, 2.05) is 30.3 Å². The highest BCUT2D eigenvalue weighted by atomic mass is 15.0. The van der Waals surface area contributed by atoms with E-state index >= 15 is 0 Å². The molecule has 0 atom stereocenters. The second-order valence-corrected chi connectivity index (χ2v) is 13.8. The van der Waals surface area contributed by atoms with E-state index < -0.39 is 0 Å². The Bertz CT molecular complexity index is 3390. The third kappa shape index (κ3) is 3.65. The average molecular weight is 661 g/mol. The summed E-state index contributed by atoms with van der Waals surface area (Å²) in [4.78, 5) is 10.3. The molecule has 4 heteroatoms. The van der Waals surface area contributed by atoms with Gasteiger partial charge in [-0.25, -0.2) is 9.97 Å². The van der Waals surface area contributed by atoms with Gasteiger partial charge >= 0.3 is 0 Å². The van der Waals surface area contributed by atoms with Gasteiger partial charge in [-0.15, -0.1) is 0 Å². The van der Waals surface area contributed by atoms with E-state index in [9.17, 15) is 0 Å². The Morgan fingerprint density at radius 1 is 0.365 bits per heavy atom. The second-order valence-electron chi connectivity index (χ2n) is 13.8. The maximum Gasteiger partial charge on any atom is 0.0973 e. The first kappa shape index (κ1) is 27.7. The quantitative estimate of drug-likeness (QED) is 0.189. The van der Waals surface area contributed by atoms with Crippen LogP contribution in [0.4, 0.5) is 0 Å². The summed E-state index contributed by atoms with van der Waals surface area (Å²) < 4.78 is 4.96. The van der Waals surface area contributed by atoms with Crippen LogP contribution in [-0.2, 0) is 0 Å². The number of hydrogen-bond donors (Lipinski definition) is 0.